The van der Waals surface area contributed by atoms with Gasteiger partial charge in [0.1, 0.15) is 10.6 Å². The lowest BCUT2D eigenvalue weighted by Gasteiger charge is -2.19. The third-order valence-corrected chi connectivity index (χ3v) is 8.51. The molecule has 0 amide bonds. The molecule has 1 heterocycles. The van der Waals surface area contributed by atoms with E-state index in [2.05, 4.69) is 32.6 Å². The van der Waals surface area contributed by atoms with Gasteiger partial charge in [0.25, 0.3) is 10.1 Å². The molecule has 0 fully saturated rings. The van der Waals surface area contributed by atoms with Gasteiger partial charge in [0.05, 0.1) is 16.8 Å². The molecule has 0 radical (unpaired) electrons. The molecular formula is C33H26N4O8S. The van der Waals surface area contributed by atoms with Crippen LogP contribution in [0.5, 0.6) is 5.75 Å². The highest BCUT2D eigenvalue weighted by atomic mass is 32.2. The highest BCUT2D eigenvalue weighted by Crippen LogP contribution is 2.43. The molecule has 6 rings (SSSR count). The minimum Gasteiger partial charge on any atom is -0.505 e. The topological polar surface area (TPSA) is 189 Å². The molecule has 0 saturated carbocycles. The third kappa shape index (κ3) is 6.22. The standard InChI is InChI=1S/C33H26N4O8S/c38-31-28-10-9-27(37-17-20-3-1-2-4-21(20)18-37)14-22(28)15-29(46(43,44)45)30(31)36-35-25-7-5-19(6-8-25)16-34-26-12-23(32(39)40)11-24(13-26)33(41)42/h1-15,34,38H,16-18H2,(H,39,40)(H,41,42)(H,43,44,45). The van der Waals surface area contributed by atoms with Crippen molar-refractivity contribution in [3.05, 3.63) is 119 Å². The molecule has 1 aliphatic rings. The van der Waals surface area contributed by atoms with Crippen LogP contribution in [0, 0.1) is 0 Å². The SMILES string of the molecule is O=C(O)c1cc(NCc2ccc(N=Nc3c(S(=O)(=O)O)cc4cc(N5Cc6ccccc6C5)ccc4c3O)cc2)cc(C(=O)O)c1. The van der Waals surface area contributed by atoms with E-state index in [1.807, 2.05) is 18.2 Å². The number of fused-ring (bicyclic) bond motifs is 2. The Morgan fingerprint density at radius 1 is 0.804 bits per heavy atom. The van der Waals surface area contributed by atoms with Gasteiger partial charge in [0.15, 0.2) is 5.75 Å². The van der Waals surface area contributed by atoms with Crippen molar-refractivity contribution in [1.29, 1.82) is 0 Å². The van der Waals surface area contributed by atoms with Gasteiger partial charge >= 0.3 is 11.9 Å². The Kier molecular flexibility index (Phi) is 7.86. The normalized spacial score (nSPS) is 12.8. The van der Waals surface area contributed by atoms with Gasteiger partial charge in [-0.15, -0.1) is 5.11 Å². The first kappa shape index (κ1) is 30.2. The van der Waals surface area contributed by atoms with Crippen molar-refractivity contribution < 1.29 is 37.9 Å². The van der Waals surface area contributed by atoms with Crippen molar-refractivity contribution >= 4 is 55.6 Å². The van der Waals surface area contributed by atoms with Gasteiger partial charge in [0, 0.05) is 36.4 Å². The van der Waals surface area contributed by atoms with Crippen molar-refractivity contribution in [2.24, 2.45) is 10.2 Å². The van der Waals surface area contributed by atoms with Gasteiger partial charge in [-0.1, -0.05) is 36.4 Å². The zero-order chi connectivity index (χ0) is 32.6. The summed E-state index contributed by atoms with van der Waals surface area (Å²) in [6.45, 7) is 1.59. The van der Waals surface area contributed by atoms with Gasteiger partial charge in [-0.2, -0.15) is 13.5 Å². The van der Waals surface area contributed by atoms with E-state index in [1.165, 1.54) is 29.3 Å². The number of rotatable bonds is 9. The monoisotopic (exact) mass is 638 g/mol. The van der Waals surface area contributed by atoms with E-state index in [0.29, 0.717) is 35.2 Å². The van der Waals surface area contributed by atoms with E-state index in [9.17, 15) is 37.9 Å². The average molecular weight is 639 g/mol. The Labute approximate surface area is 262 Å². The minimum atomic E-state index is -4.79. The number of aromatic hydroxyl groups is 1. The predicted octanol–water partition coefficient (Wildman–Crippen LogP) is 6.74. The number of nitrogens with one attached hydrogen (secondary N) is 1. The molecule has 5 aromatic carbocycles. The summed E-state index contributed by atoms with van der Waals surface area (Å²) in [5, 5.41) is 41.4. The number of hydrogen-bond acceptors (Lipinski definition) is 9. The smallest absolute Gasteiger partial charge is 0.335 e. The minimum absolute atomic E-state index is 0.169. The fraction of sp³-hybridized carbons (Fsp3) is 0.0909. The highest BCUT2D eigenvalue weighted by Gasteiger charge is 2.24. The third-order valence-electron chi connectivity index (χ3n) is 7.64. The molecule has 12 nitrogen and oxygen atoms in total. The van der Waals surface area contributed by atoms with Gasteiger partial charge < -0.3 is 25.5 Å². The maximum absolute atomic E-state index is 12.4. The summed E-state index contributed by atoms with van der Waals surface area (Å²) in [7, 11) is -4.79. The molecule has 5 N–H and O–H groups in total. The molecule has 0 saturated heterocycles. The molecule has 13 heteroatoms. The predicted molar refractivity (Wildman–Crippen MR) is 170 cm³/mol. The second-order valence-corrected chi connectivity index (χ2v) is 12.1. The second kappa shape index (κ2) is 12.0. The first-order valence-electron chi connectivity index (χ1n) is 13.9. The number of carboxylic acids is 2. The zero-order valence-corrected chi connectivity index (χ0v) is 24.8. The lowest BCUT2D eigenvalue weighted by molar-refractivity contribution is 0.0696. The average Bonchev–Trinajstić information content (AvgIpc) is 3.47. The lowest BCUT2D eigenvalue weighted by Crippen LogP contribution is -2.14. The number of benzene rings is 5. The number of phenols is 1. The molecule has 0 aliphatic carbocycles. The summed E-state index contributed by atoms with van der Waals surface area (Å²) in [6, 6.07) is 24.8. The molecule has 232 valence electrons. The lowest BCUT2D eigenvalue weighted by atomic mass is 10.1. The van der Waals surface area contributed by atoms with Crippen LogP contribution in [0.25, 0.3) is 10.8 Å². The van der Waals surface area contributed by atoms with Crippen molar-refractivity contribution in [2.45, 2.75) is 24.5 Å². The van der Waals surface area contributed by atoms with Crippen LogP contribution < -0.4 is 10.2 Å². The number of azo groups is 1. The Morgan fingerprint density at radius 3 is 2.02 bits per heavy atom. The maximum atomic E-state index is 12.4. The van der Waals surface area contributed by atoms with Crippen LogP contribution in [0.2, 0.25) is 0 Å². The Balaban J connectivity index is 1.23. The first-order valence-corrected chi connectivity index (χ1v) is 15.4. The Bertz CT molecular complexity index is 2110. The molecule has 1 aliphatic heterocycles. The van der Waals surface area contributed by atoms with Crippen LogP contribution in [0.1, 0.15) is 37.4 Å². The van der Waals surface area contributed by atoms with Crippen molar-refractivity contribution in [2.75, 3.05) is 10.2 Å². The Hall–Kier alpha value is -5.79. The summed E-state index contributed by atoms with van der Waals surface area (Å²) in [4.78, 5) is 24.3. The maximum Gasteiger partial charge on any atom is 0.335 e. The van der Waals surface area contributed by atoms with Gasteiger partial charge in [-0.25, -0.2) is 9.59 Å². The molecule has 0 bridgehead atoms. The van der Waals surface area contributed by atoms with E-state index >= 15 is 0 Å². The summed E-state index contributed by atoms with van der Waals surface area (Å²) in [5.41, 5.74) is 3.83. The number of phenolic OH excluding ortho intramolecular Hbond substituents is 1. The van der Waals surface area contributed by atoms with Gasteiger partial charge in [-0.3, -0.25) is 4.55 Å². The van der Waals surface area contributed by atoms with Crippen LogP contribution in [0.4, 0.5) is 22.7 Å². The number of carbonyl (C=O) groups is 2. The number of anilines is 2. The summed E-state index contributed by atoms with van der Waals surface area (Å²) < 4.78 is 34.7. The Morgan fingerprint density at radius 2 is 1.43 bits per heavy atom. The quantitative estimate of drug-likeness (QED) is 0.0854. The highest BCUT2D eigenvalue weighted by molar-refractivity contribution is 7.86. The molecule has 0 atom stereocenters. The van der Waals surface area contributed by atoms with Crippen molar-refractivity contribution in [1.82, 2.24) is 0 Å². The molecule has 0 unspecified atom stereocenters. The zero-order valence-electron chi connectivity index (χ0n) is 24.0. The number of aromatic carboxylic acids is 2. The van der Waals surface area contributed by atoms with Crippen molar-refractivity contribution in [3.63, 3.8) is 0 Å². The molecule has 5 aromatic rings. The van der Waals surface area contributed by atoms with Crippen LogP contribution in [-0.2, 0) is 29.8 Å². The van der Waals surface area contributed by atoms with Crippen LogP contribution in [0.15, 0.2) is 106 Å². The number of carboxylic acid groups (broad SMARTS) is 2. The van der Waals surface area contributed by atoms with Crippen LogP contribution in [-0.4, -0.2) is 40.2 Å². The summed E-state index contributed by atoms with van der Waals surface area (Å²) in [5.74, 6) is -2.96. The fourth-order valence-electron chi connectivity index (χ4n) is 5.31. The first-order chi connectivity index (χ1) is 22.0. The summed E-state index contributed by atoms with van der Waals surface area (Å²) >= 11 is 0. The summed E-state index contributed by atoms with van der Waals surface area (Å²) in [6.07, 6.45) is 0. The van der Waals surface area contributed by atoms with E-state index in [1.54, 1.807) is 36.4 Å². The number of nitrogens with zero attached hydrogens (tertiary/aromatic N) is 3. The van der Waals surface area contributed by atoms with E-state index in [4.69, 9.17) is 0 Å². The van der Waals surface area contributed by atoms with Crippen LogP contribution >= 0.6 is 0 Å². The van der Waals surface area contributed by atoms with Crippen LogP contribution in [0.3, 0.4) is 0 Å². The molecular weight excluding hydrogens is 612 g/mol. The number of hydrogen-bond donors (Lipinski definition) is 5. The van der Waals surface area contributed by atoms with Gasteiger partial charge in [-0.05, 0) is 76.7 Å². The molecule has 0 spiro atoms. The fourth-order valence-corrected chi connectivity index (χ4v) is 5.97. The van der Waals surface area contributed by atoms with Crippen molar-refractivity contribution in [3.8, 4) is 5.75 Å². The molecule has 0 aromatic heterocycles. The van der Waals surface area contributed by atoms with E-state index < -0.39 is 38.4 Å². The molecule has 46 heavy (non-hydrogen) atoms. The largest absolute Gasteiger partial charge is 0.505 e. The van der Waals surface area contributed by atoms with Gasteiger partial charge in [0.2, 0.25) is 0 Å². The second-order valence-electron chi connectivity index (χ2n) is 10.7. The van der Waals surface area contributed by atoms with E-state index in [-0.39, 0.29) is 17.7 Å². The van der Waals surface area contributed by atoms with E-state index in [0.717, 1.165) is 17.3 Å².